The molecule has 2 aliphatic heterocycles. The van der Waals surface area contributed by atoms with Gasteiger partial charge in [-0.05, 0) is 53.4 Å². The SMILES string of the molecule is COc1ccc2cc(C3CC(=O)Oc4ccc5c(c43)O/C(=C\c3cccnc3)C5=O)c(=O)[nH]c2c1. The third-order valence-electron chi connectivity index (χ3n) is 6.22. The molecule has 2 aliphatic rings. The molecule has 8 heteroatoms. The summed E-state index contributed by atoms with van der Waals surface area (Å²) in [5.74, 6) is -0.0818. The minimum absolute atomic E-state index is 0.0621. The molecule has 2 aromatic heterocycles. The van der Waals surface area contributed by atoms with E-state index in [0.717, 1.165) is 5.39 Å². The number of aromatic amines is 1. The van der Waals surface area contributed by atoms with Crippen molar-refractivity contribution in [1.82, 2.24) is 9.97 Å². The van der Waals surface area contributed by atoms with Crippen molar-refractivity contribution >= 4 is 28.7 Å². The predicted octanol–water partition coefficient (Wildman–Crippen LogP) is 3.99. The van der Waals surface area contributed by atoms with Crippen LogP contribution in [0.1, 0.15) is 39.4 Å². The lowest BCUT2D eigenvalue weighted by atomic mass is 9.85. The largest absolute Gasteiger partial charge is 0.497 e. The molecule has 1 N–H and O–H groups in total. The van der Waals surface area contributed by atoms with Crippen molar-refractivity contribution in [2.24, 2.45) is 0 Å². The molecule has 0 fully saturated rings. The summed E-state index contributed by atoms with van der Waals surface area (Å²) in [5, 5.41) is 0.780. The minimum Gasteiger partial charge on any atom is -0.497 e. The number of pyridine rings is 2. The Balaban J connectivity index is 1.50. The Morgan fingerprint density at radius 3 is 2.77 bits per heavy atom. The molecule has 0 amide bonds. The number of ether oxygens (including phenoxy) is 3. The summed E-state index contributed by atoms with van der Waals surface area (Å²) >= 11 is 0. The van der Waals surface area contributed by atoms with Crippen molar-refractivity contribution < 1.29 is 23.8 Å². The zero-order chi connectivity index (χ0) is 24.1. The van der Waals surface area contributed by atoms with Gasteiger partial charge in [-0.1, -0.05) is 6.07 Å². The number of nitrogens with one attached hydrogen (secondary N) is 1. The fourth-order valence-electron chi connectivity index (χ4n) is 4.57. The van der Waals surface area contributed by atoms with Crippen LogP contribution in [0.3, 0.4) is 0 Å². The molecule has 2 aromatic carbocycles. The van der Waals surface area contributed by atoms with E-state index >= 15 is 0 Å². The molecule has 4 heterocycles. The molecule has 0 spiro atoms. The first-order chi connectivity index (χ1) is 17.0. The first-order valence-electron chi connectivity index (χ1n) is 10.9. The Morgan fingerprint density at radius 2 is 1.97 bits per heavy atom. The van der Waals surface area contributed by atoms with Crippen LogP contribution >= 0.6 is 0 Å². The monoisotopic (exact) mass is 466 g/mol. The summed E-state index contributed by atoms with van der Waals surface area (Å²) in [6.45, 7) is 0. The molecule has 172 valence electrons. The molecule has 0 bridgehead atoms. The standard InChI is InChI=1S/C27H18N2O6/c1-33-16-5-4-15-10-19(27(32)29-20(15)11-16)18-12-23(30)34-21-7-6-17-25(31)22(35-26(17)24(18)21)9-14-3-2-8-28-13-14/h2-11,13,18H,12H2,1H3,(H,29,32)/b22-9-. The number of H-pyrrole nitrogens is 1. The fourth-order valence-corrected chi connectivity index (χ4v) is 4.57. The third-order valence-corrected chi connectivity index (χ3v) is 6.22. The lowest BCUT2D eigenvalue weighted by Crippen LogP contribution is -2.26. The Kier molecular flexibility index (Phi) is 4.74. The smallest absolute Gasteiger partial charge is 0.312 e. The maximum absolute atomic E-state index is 13.1. The average Bonchev–Trinajstić information content (AvgIpc) is 3.18. The summed E-state index contributed by atoms with van der Waals surface area (Å²) < 4.78 is 16.7. The van der Waals surface area contributed by atoms with Crippen molar-refractivity contribution in [3.05, 3.63) is 99.3 Å². The number of aromatic nitrogens is 2. The van der Waals surface area contributed by atoms with Crippen LogP contribution in [-0.2, 0) is 4.79 Å². The maximum atomic E-state index is 13.1. The van der Waals surface area contributed by atoms with Crippen LogP contribution in [0, 0.1) is 0 Å². The highest BCUT2D eigenvalue weighted by Crippen LogP contribution is 2.48. The van der Waals surface area contributed by atoms with Gasteiger partial charge in [-0.2, -0.15) is 0 Å². The van der Waals surface area contributed by atoms with E-state index in [2.05, 4.69) is 9.97 Å². The molecule has 0 radical (unpaired) electrons. The minimum atomic E-state index is -0.651. The number of rotatable bonds is 3. The number of carbonyl (C=O) groups is 2. The summed E-state index contributed by atoms with van der Waals surface area (Å²) in [7, 11) is 1.55. The molecular formula is C27H18N2O6. The third kappa shape index (κ3) is 3.47. The number of hydrogen-bond donors (Lipinski definition) is 1. The highest BCUT2D eigenvalue weighted by molar-refractivity contribution is 6.15. The van der Waals surface area contributed by atoms with E-state index in [1.165, 1.54) is 0 Å². The number of methoxy groups -OCH3 is 1. The molecule has 1 unspecified atom stereocenters. The van der Waals surface area contributed by atoms with Crippen LogP contribution in [-0.4, -0.2) is 28.8 Å². The van der Waals surface area contributed by atoms with Gasteiger partial charge in [0.05, 0.1) is 24.6 Å². The molecule has 6 rings (SSSR count). The molecule has 0 saturated carbocycles. The van der Waals surface area contributed by atoms with Gasteiger partial charge in [0, 0.05) is 35.5 Å². The average molecular weight is 466 g/mol. The van der Waals surface area contributed by atoms with E-state index in [1.807, 2.05) is 12.1 Å². The lowest BCUT2D eigenvalue weighted by molar-refractivity contribution is -0.135. The van der Waals surface area contributed by atoms with Crippen LogP contribution < -0.4 is 19.8 Å². The van der Waals surface area contributed by atoms with E-state index in [-0.39, 0.29) is 29.3 Å². The number of fused-ring (bicyclic) bond motifs is 4. The van der Waals surface area contributed by atoms with Crippen molar-refractivity contribution in [2.45, 2.75) is 12.3 Å². The normalized spacial score (nSPS) is 17.6. The summed E-state index contributed by atoms with van der Waals surface area (Å²) in [6, 6.07) is 13.8. The van der Waals surface area contributed by atoms with Gasteiger partial charge >= 0.3 is 5.97 Å². The number of hydrogen-bond acceptors (Lipinski definition) is 7. The van der Waals surface area contributed by atoms with E-state index in [1.54, 1.807) is 62.0 Å². The molecule has 0 aliphatic carbocycles. The summed E-state index contributed by atoms with van der Waals surface area (Å²) in [4.78, 5) is 45.6. The van der Waals surface area contributed by atoms with Gasteiger partial charge in [-0.25, -0.2) is 0 Å². The molecule has 8 nitrogen and oxygen atoms in total. The first-order valence-corrected chi connectivity index (χ1v) is 10.9. The second-order valence-corrected chi connectivity index (χ2v) is 8.32. The summed E-state index contributed by atoms with van der Waals surface area (Å²) in [5.41, 5.74) is 2.22. The highest BCUT2D eigenvalue weighted by Gasteiger charge is 2.39. The predicted molar refractivity (Wildman–Crippen MR) is 127 cm³/mol. The van der Waals surface area contributed by atoms with Crippen LogP contribution in [0.4, 0.5) is 0 Å². The topological polar surface area (TPSA) is 108 Å². The van der Waals surface area contributed by atoms with Crippen molar-refractivity contribution in [1.29, 1.82) is 0 Å². The van der Waals surface area contributed by atoms with E-state index in [4.69, 9.17) is 14.2 Å². The Morgan fingerprint density at radius 1 is 1.09 bits per heavy atom. The van der Waals surface area contributed by atoms with Crippen LogP contribution in [0.2, 0.25) is 0 Å². The number of nitrogens with zero attached hydrogens (tertiary/aromatic N) is 1. The first kappa shape index (κ1) is 20.9. The second kappa shape index (κ2) is 7.95. The number of allylic oxidation sites excluding steroid dienone is 1. The highest BCUT2D eigenvalue weighted by atomic mass is 16.5. The van der Waals surface area contributed by atoms with E-state index in [9.17, 15) is 14.4 Å². The second-order valence-electron chi connectivity index (χ2n) is 8.32. The number of ketones is 1. The molecule has 4 aromatic rings. The van der Waals surface area contributed by atoms with E-state index in [0.29, 0.717) is 39.3 Å². The van der Waals surface area contributed by atoms with Gasteiger partial charge in [0.15, 0.2) is 5.76 Å². The summed E-state index contributed by atoms with van der Waals surface area (Å²) in [6.07, 6.45) is 4.81. The van der Waals surface area contributed by atoms with Gasteiger partial charge in [-0.3, -0.25) is 19.4 Å². The zero-order valence-electron chi connectivity index (χ0n) is 18.5. The number of Topliss-reactive ketones (excluding diaryl/α,β-unsaturated/α-hetero) is 1. The van der Waals surface area contributed by atoms with Crippen molar-refractivity contribution in [3.8, 4) is 17.2 Å². The molecule has 35 heavy (non-hydrogen) atoms. The molecule has 0 saturated heterocycles. The number of carbonyl (C=O) groups excluding carboxylic acids is 2. The van der Waals surface area contributed by atoms with Crippen LogP contribution in [0.5, 0.6) is 17.2 Å². The fraction of sp³-hybridized carbons (Fsp3) is 0.111. The van der Waals surface area contributed by atoms with Gasteiger partial charge in [0.2, 0.25) is 5.78 Å². The van der Waals surface area contributed by atoms with Gasteiger partial charge in [0.1, 0.15) is 17.2 Å². The maximum Gasteiger partial charge on any atom is 0.312 e. The Bertz CT molecular complexity index is 1620. The molecular weight excluding hydrogens is 448 g/mol. The zero-order valence-corrected chi connectivity index (χ0v) is 18.5. The lowest BCUT2D eigenvalue weighted by Gasteiger charge is -2.26. The molecule has 1 atom stereocenters. The van der Waals surface area contributed by atoms with Crippen molar-refractivity contribution in [2.75, 3.05) is 7.11 Å². The van der Waals surface area contributed by atoms with Gasteiger partial charge < -0.3 is 19.2 Å². The number of benzene rings is 2. The quantitative estimate of drug-likeness (QED) is 0.276. The van der Waals surface area contributed by atoms with Gasteiger partial charge in [0.25, 0.3) is 5.56 Å². The Labute approximate surface area is 198 Å². The van der Waals surface area contributed by atoms with Crippen molar-refractivity contribution in [3.63, 3.8) is 0 Å². The van der Waals surface area contributed by atoms with Crippen LogP contribution in [0.15, 0.2) is 71.5 Å². The number of esters is 1. The van der Waals surface area contributed by atoms with Gasteiger partial charge in [-0.15, -0.1) is 0 Å². The van der Waals surface area contributed by atoms with E-state index < -0.39 is 11.9 Å². The Hall–Kier alpha value is -4.72. The van der Waals surface area contributed by atoms with Crippen LogP contribution in [0.25, 0.3) is 17.0 Å².